The van der Waals surface area contributed by atoms with Crippen molar-refractivity contribution < 1.29 is 9.90 Å². The van der Waals surface area contributed by atoms with Crippen LogP contribution in [0.4, 0.5) is 0 Å². The summed E-state index contributed by atoms with van der Waals surface area (Å²) >= 11 is 1.47. The lowest BCUT2D eigenvalue weighted by Gasteiger charge is -2.39. The van der Waals surface area contributed by atoms with Crippen LogP contribution >= 0.6 is 11.3 Å². The maximum absolute atomic E-state index is 12.4. The van der Waals surface area contributed by atoms with Gasteiger partial charge in [-0.2, -0.15) is 0 Å². The van der Waals surface area contributed by atoms with Crippen LogP contribution in [-0.4, -0.2) is 23.7 Å². The minimum Gasteiger partial charge on any atom is -0.395 e. The summed E-state index contributed by atoms with van der Waals surface area (Å²) in [4.78, 5) is 13.2. The predicted molar refractivity (Wildman–Crippen MR) is 86.4 cm³/mol. The molecule has 1 amide bonds. The smallest absolute Gasteiger partial charge is 0.252 e. The van der Waals surface area contributed by atoms with Crippen molar-refractivity contribution in [3.63, 3.8) is 0 Å². The molecule has 1 aliphatic rings. The van der Waals surface area contributed by atoms with Gasteiger partial charge in [-0.05, 0) is 24.3 Å². The molecule has 4 heteroatoms. The maximum atomic E-state index is 12.4. The van der Waals surface area contributed by atoms with Crippen molar-refractivity contribution in [2.75, 3.05) is 6.61 Å². The molecule has 1 heterocycles. The fourth-order valence-corrected chi connectivity index (χ4v) is 3.48. The largest absolute Gasteiger partial charge is 0.395 e. The highest BCUT2D eigenvalue weighted by Gasteiger charge is 2.33. The fraction of sp³-hybridized carbons (Fsp3) is 0.588. The van der Waals surface area contributed by atoms with Gasteiger partial charge in [0.05, 0.1) is 17.0 Å². The van der Waals surface area contributed by atoms with E-state index < -0.39 is 0 Å². The third-order valence-corrected chi connectivity index (χ3v) is 4.97. The van der Waals surface area contributed by atoms with Crippen LogP contribution in [0.25, 0.3) is 0 Å². The molecule has 2 N–H and O–H groups in total. The van der Waals surface area contributed by atoms with E-state index in [1.165, 1.54) is 30.6 Å². The topological polar surface area (TPSA) is 49.3 Å². The van der Waals surface area contributed by atoms with E-state index in [2.05, 4.69) is 31.0 Å². The van der Waals surface area contributed by atoms with Crippen LogP contribution < -0.4 is 5.32 Å². The molecular formula is C17H23NO2S. The molecule has 0 radical (unpaired) electrons. The quantitative estimate of drug-likeness (QED) is 0.843. The summed E-state index contributed by atoms with van der Waals surface area (Å²) in [5.74, 6) is 5.85. The highest BCUT2D eigenvalue weighted by atomic mass is 32.1. The number of hydrogen-bond acceptors (Lipinski definition) is 3. The van der Waals surface area contributed by atoms with Gasteiger partial charge in [0.15, 0.2) is 0 Å². The molecule has 3 nitrogen and oxygen atoms in total. The van der Waals surface area contributed by atoms with Gasteiger partial charge in [0.2, 0.25) is 0 Å². The molecule has 0 bridgehead atoms. The first-order chi connectivity index (χ1) is 10.0. The van der Waals surface area contributed by atoms with Gasteiger partial charge in [0.1, 0.15) is 0 Å². The Bertz CT molecular complexity index is 551. The minimum atomic E-state index is 0.00133. The molecule has 1 saturated carbocycles. The Balaban J connectivity index is 1.99. The molecule has 21 heavy (non-hydrogen) atoms. The molecule has 1 fully saturated rings. The Morgan fingerprint density at radius 3 is 3.05 bits per heavy atom. The molecule has 114 valence electrons. The normalized spacial score (nSPS) is 20.4. The highest BCUT2D eigenvalue weighted by Crippen LogP contribution is 2.35. The highest BCUT2D eigenvalue weighted by molar-refractivity contribution is 7.10. The number of aliphatic hydroxyl groups is 1. The molecule has 0 saturated heterocycles. The van der Waals surface area contributed by atoms with Crippen LogP contribution in [0.3, 0.4) is 0 Å². The summed E-state index contributed by atoms with van der Waals surface area (Å²) in [5.41, 5.74) is 0.864. The predicted octanol–water partition coefficient (Wildman–Crippen LogP) is 3.18. The zero-order valence-corrected chi connectivity index (χ0v) is 13.6. The number of amides is 1. The SMILES string of the molecule is CC1(C)CCCCC1NC(=O)c1csc(C#CCCO)c1. The Morgan fingerprint density at radius 1 is 1.52 bits per heavy atom. The lowest BCUT2D eigenvalue weighted by Crippen LogP contribution is -2.46. The summed E-state index contributed by atoms with van der Waals surface area (Å²) in [6, 6.07) is 2.09. The number of hydrogen-bond donors (Lipinski definition) is 2. The number of nitrogens with one attached hydrogen (secondary N) is 1. The zero-order chi connectivity index (χ0) is 15.3. The lowest BCUT2D eigenvalue weighted by atomic mass is 9.73. The number of rotatable bonds is 3. The van der Waals surface area contributed by atoms with E-state index in [-0.39, 0.29) is 24.0 Å². The van der Waals surface area contributed by atoms with Gasteiger partial charge < -0.3 is 10.4 Å². The summed E-state index contributed by atoms with van der Waals surface area (Å²) in [6.07, 6.45) is 5.14. The molecular weight excluding hydrogens is 282 g/mol. The van der Waals surface area contributed by atoms with Gasteiger partial charge in [-0.15, -0.1) is 11.3 Å². The Hall–Kier alpha value is -1.31. The van der Waals surface area contributed by atoms with E-state index in [1.54, 1.807) is 0 Å². The second-order valence-corrected chi connectivity index (χ2v) is 7.15. The van der Waals surface area contributed by atoms with Crippen molar-refractivity contribution in [1.82, 2.24) is 5.32 Å². The first-order valence-corrected chi connectivity index (χ1v) is 8.40. The maximum Gasteiger partial charge on any atom is 0.252 e. The first-order valence-electron chi connectivity index (χ1n) is 7.52. The average molecular weight is 305 g/mol. The van der Waals surface area contributed by atoms with E-state index in [9.17, 15) is 4.79 Å². The minimum absolute atomic E-state index is 0.00133. The van der Waals surface area contributed by atoms with Crippen molar-refractivity contribution in [2.45, 2.75) is 52.0 Å². The van der Waals surface area contributed by atoms with Gasteiger partial charge in [-0.25, -0.2) is 0 Å². The Labute approximate surface area is 130 Å². The van der Waals surface area contributed by atoms with Crippen molar-refractivity contribution >= 4 is 17.2 Å². The third-order valence-electron chi connectivity index (χ3n) is 4.12. The van der Waals surface area contributed by atoms with E-state index in [4.69, 9.17) is 5.11 Å². The van der Waals surface area contributed by atoms with Crippen LogP contribution in [0.15, 0.2) is 11.4 Å². The van der Waals surface area contributed by atoms with Crippen molar-refractivity contribution in [1.29, 1.82) is 0 Å². The molecule has 1 aromatic heterocycles. The van der Waals surface area contributed by atoms with Gasteiger partial charge in [0.25, 0.3) is 5.91 Å². The molecule has 1 aliphatic carbocycles. The second kappa shape index (κ2) is 7.11. The lowest BCUT2D eigenvalue weighted by molar-refractivity contribution is 0.0854. The number of carbonyl (C=O) groups is 1. The summed E-state index contributed by atoms with van der Waals surface area (Å²) < 4.78 is 0. The molecule has 0 spiro atoms. The van der Waals surface area contributed by atoms with Crippen molar-refractivity contribution in [3.05, 3.63) is 21.9 Å². The first kappa shape index (κ1) is 16.1. The average Bonchev–Trinajstić information content (AvgIpc) is 2.90. The van der Waals surface area contributed by atoms with Gasteiger partial charge >= 0.3 is 0 Å². The number of aliphatic hydroxyl groups excluding tert-OH is 1. The fourth-order valence-electron chi connectivity index (χ4n) is 2.73. The van der Waals surface area contributed by atoms with Gasteiger partial charge in [-0.1, -0.05) is 38.5 Å². The monoisotopic (exact) mass is 305 g/mol. The molecule has 1 aromatic rings. The summed E-state index contributed by atoms with van der Waals surface area (Å²) in [7, 11) is 0. The van der Waals surface area contributed by atoms with Crippen molar-refractivity contribution in [3.8, 4) is 11.8 Å². The van der Waals surface area contributed by atoms with E-state index >= 15 is 0 Å². The molecule has 2 rings (SSSR count). The Morgan fingerprint density at radius 2 is 2.33 bits per heavy atom. The van der Waals surface area contributed by atoms with Crippen LogP contribution in [0.5, 0.6) is 0 Å². The van der Waals surface area contributed by atoms with Crippen LogP contribution in [-0.2, 0) is 0 Å². The van der Waals surface area contributed by atoms with Crippen LogP contribution in [0.2, 0.25) is 0 Å². The van der Waals surface area contributed by atoms with Gasteiger partial charge in [-0.3, -0.25) is 4.79 Å². The van der Waals surface area contributed by atoms with Crippen LogP contribution in [0, 0.1) is 17.3 Å². The van der Waals surface area contributed by atoms with Gasteiger partial charge in [0, 0.05) is 17.8 Å². The van der Waals surface area contributed by atoms with E-state index in [0.717, 1.165) is 11.3 Å². The van der Waals surface area contributed by atoms with Crippen molar-refractivity contribution in [2.24, 2.45) is 5.41 Å². The van der Waals surface area contributed by atoms with E-state index in [1.807, 2.05) is 11.4 Å². The van der Waals surface area contributed by atoms with E-state index in [0.29, 0.717) is 12.0 Å². The molecule has 0 aliphatic heterocycles. The molecule has 1 unspecified atom stereocenters. The second-order valence-electron chi connectivity index (χ2n) is 6.24. The standard InChI is InChI=1S/C17H23NO2S/c1-17(2)9-5-3-8-15(17)18-16(20)13-11-14(21-12-13)7-4-6-10-19/h11-12,15,19H,3,5-6,8-10H2,1-2H3,(H,18,20). The third kappa shape index (κ3) is 4.33. The molecule has 1 atom stereocenters. The summed E-state index contributed by atoms with van der Waals surface area (Å²) in [6.45, 7) is 4.54. The Kier molecular flexibility index (Phi) is 5.44. The molecule has 0 aromatic carbocycles. The summed E-state index contributed by atoms with van der Waals surface area (Å²) in [5, 5.41) is 13.7. The zero-order valence-electron chi connectivity index (χ0n) is 12.7. The number of thiophene rings is 1. The van der Waals surface area contributed by atoms with Crippen LogP contribution in [0.1, 0.15) is 61.2 Å². The number of carbonyl (C=O) groups excluding carboxylic acids is 1.